The number of likely N-dealkylation sites (tertiary alicyclic amines) is 1. The van der Waals surface area contributed by atoms with Gasteiger partial charge in [0.1, 0.15) is 12.4 Å². The van der Waals surface area contributed by atoms with Crippen LogP contribution >= 0.6 is 23.2 Å². The van der Waals surface area contributed by atoms with Gasteiger partial charge in [-0.05, 0) is 80.7 Å². The van der Waals surface area contributed by atoms with E-state index < -0.39 is 10.0 Å². The molecule has 4 rings (SSSR count). The van der Waals surface area contributed by atoms with E-state index in [1.165, 1.54) is 0 Å². The number of nitrogens with zero attached hydrogens (tertiary/aromatic N) is 2. The highest BCUT2D eigenvalue weighted by molar-refractivity contribution is 7.89. The van der Waals surface area contributed by atoms with Crippen molar-refractivity contribution in [2.24, 2.45) is 5.92 Å². The first kappa shape index (κ1) is 27.2. The quantitative estimate of drug-likeness (QED) is 0.460. The lowest BCUT2D eigenvalue weighted by Gasteiger charge is -2.31. The van der Waals surface area contributed by atoms with E-state index >= 15 is 0 Å². The van der Waals surface area contributed by atoms with Crippen LogP contribution < -0.4 is 10.1 Å². The van der Waals surface area contributed by atoms with Gasteiger partial charge in [0, 0.05) is 35.6 Å². The van der Waals surface area contributed by atoms with Crippen molar-refractivity contribution in [3.05, 3.63) is 58.1 Å². The van der Waals surface area contributed by atoms with E-state index in [2.05, 4.69) is 10.2 Å². The summed E-state index contributed by atoms with van der Waals surface area (Å²) in [5, 5.41) is 4.25. The number of amides is 1. The first-order chi connectivity index (χ1) is 17.3. The van der Waals surface area contributed by atoms with E-state index in [-0.39, 0.29) is 16.7 Å². The summed E-state index contributed by atoms with van der Waals surface area (Å²) in [6, 6.07) is 12.1. The highest BCUT2D eigenvalue weighted by Crippen LogP contribution is 2.25. The van der Waals surface area contributed by atoms with Crippen LogP contribution in [-0.2, 0) is 21.4 Å². The molecule has 1 N–H and O–H groups in total. The topological polar surface area (TPSA) is 78.9 Å². The Morgan fingerprint density at radius 2 is 1.67 bits per heavy atom. The van der Waals surface area contributed by atoms with Gasteiger partial charge in [-0.25, -0.2) is 8.42 Å². The van der Waals surface area contributed by atoms with Crippen LogP contribution in [0.1, 0.15) is 37.7 Å². The van der Waals surface area contributed by atoms with Crippen molar-refractivity contribution in [1.82, 2.24) is 14.5 Å². The van der Waals surface area contributed by atoms with Crippen molar-refractivity contribution >= 4 is 39.1 Å². The molecule has 0 unspecified atom stereocenters. The molecule has 0 spiro atoms. The number of benzene rings is 2. The fraction of sp³-hybridized carbons (Fsp3) is 0.500. The zero-order valence-corrected chi connectivity index (χ0v) is 22.6. The standard InChI is InChI=1S/C26H33Cl2N3O4S/c27-22-5-4-21(25(28)18-22)19-30-15-10-20(11-16-30)26(32)29-12-17-35-23-6-8-24(9-7-23)36(33,34)31-13-2-1-3-14-31/h4-9,18,20H,1-3,10-17,19H2,(H,29,32). The molecule has 2 heterocycles. The molecule has 2 aromatic rings. The van der Waals surface area contributed by atoms with Gasteiger partial charge >= 0.3 is 0 Å². The first-order valence-electron chi connectivity index (χ1n) is 12.5. The number of carbonyl (C=O) groups excluding carboxylic acids is 1. The van der Waals surface area contributed by atoms with Gasteiger partial charge in [0.25, 0.3) is 0 Å². The third-order valence-electron chi connectivity index (χ3n) is 6.81. The maximum Gasteiger partial charge on any atom is 0.243 e. The molecule has 0 saturated carbocycles. The molecule has 0 aliphatic carbocycles. The Morgan fingerprint density at radius 1 is 0.972 bits per heavy atom. The predicted octanol–water partition coefficient (Wildman–Crippen LogP) is 4.58. The number of piperidine rings is 2. The van der Waals surface area contributed by atoms with E-state index in [9.17, 15) is 13.2 Å². The zero-order valence-electron chi connectivity index (χ0n) is 20.3. The number of carbonyl (C=O) groups is 1. The maximum atomic E-state index is 12.7. The summed E-state index contributed by atoms with van der Waals surface area (Å²) in [5.74, 6) is 0.614. The van der Waals surface area contributed by atoms with Crippen LogP contribution in [0.3, 0.4) is 0 Å². The van der Waals surface area contributed by atoms with E-state index in [1.54, 1.807) is 34.6 Å². The molecule has 0 bridgehead atoms. The highest BCUT2D eigenvalue weighted by Gasteiger charge is 2.26. The van der Waals surface area contributed by atoms with Crippen LogP contribution in [-0.4, -0.2) is 62.9 Å². The van der Waals surface area contributed by atoms with Crippen LogP contribution in [0.15, 0.2) is 47.4 Å². The lowest BCUT2D eigenvalue weighted by Crippen LogP contribution is -2.41. The molecule has 7 nitrogen and oxygen atoms in total. The van der Waals surface area contributed by atoms with Gasteiger partial charge in [0.2, 0.25) is 15.9 Å². The summed E-state index contributed by atoms with van der Waals surface area (Å²) in [6.45, 7) is 4.29. The minimum atomic E-state index is -3.45. The van der Waals surface area contributed by atoms with Crippen molar-refractivity contribution in [3.63, 3.8) is 0 Å². The second-order valence-corrected chi connectivity index (χ2v) is 12.1. The minimum absolute atomic E-state index is 0.0128. The van der Waals surface area contributed by atoms with Crippen molar-refractivity contribution < 1.29 is 17.9 Å². The lowest BCUT2D eigenvalue weighted by atomic mass is 9.95. The van der Waals surface area contributed by atoms with Crippen LogP contribution in [0.2, 0.25) is 10.0 Å². The number of hydrogen-bond donors (Lipinski definition) is 1. The molecule has 1 amide bonds. The Morgan fingerprint density at radius 3 is 2.33 bits per heavy atom. The lowest BCUT2D eigenvalue weighted by molar-refractivity contribution is -0.126. The largest absolute Gasteiger partial charge is 0.492 e. The molecule has 2 aliphatic rings. The SMILES string of the molecule is O=C(NCCOc1ccc(S(=O)(=O)N2CCCCC2)cc1)C1CCN(Cc2ccc(Cl)cc2Cl)CC1. The Labute approximate surface area is 223 Å². The number of ether oxygens (including phenoxy) is 1. The van der Waals surface area contributed by atoms with Gasteiger partial charge in [0.05, 0.1) is 11.4 Å². The third kappa shape index (κ3) is 7.13. The van der Waals surface area contributed by atoms with Crippen LogP contribution in [0.4, 0.5) is 0 Å². The van der Waals surface area contributed by atoms with E-state index in [0.717, 1.165) is 57.3 Å². The summed E-state index contributed by atoms with van der Waals surface area (Å²) in [5.41, 5.74) is 1.04. The number of halogens is 2. The van der Waals surface area contributed by atoms with E-state index in [1.807, 2.05) is 12.1 Å². The molecule has 36 heavy (non-hydrogen) atoms. The normalized spacial score (nSPS) is 18.2. The molecule has 0 radical (unpaired) electrons. The Balaban J connectivity index is 1.16. The fourth-order valence-corrected chi connectivity index (χ4v) is 6.68. The maximum absolute atomic E-state index is 12.7. The van der Waals surface area contributed by atoms with Crippen LogP contribution in [0.5, 0.6) is 5.75 Å². The van der Waals surface area contributed by atoms with Crippen molar-refractivity contribution in [1.29, 1.82) is 0 Å². The van der Waals surface area contributed by atoms with Gasteiger partial charge in [0.15, 0.2) is 0 Å². The molecule has 0 atom stereocenters. The second-order valence-electron chi connectivity index (χ2n) is 9.36. The van der Waals surface area contributed by atoms with Crippen molar-refractivity contribution in [2.75, 3.05) is 39.3 Å². The number of nitrogens with one attached hydrogen (secondary N) is 1. The molecule has 2 saturated heterocycles. The van der Waals surface area contributed by atoms with E-state index in [0.29, 0.717) is 42.0 Å². The van der Waals surface area contributed by atoms with Gasteiger partial charge in [-0.2, -0.15) is 4.31 Å². The first-order valence-corrected chi connectivity index (χ1v) is 14.7. The van der Waals surface area contributed by atoms with Crippen molar-refractivity contribution in [3.8, 4) is 5.75 Å². The summed E-state index contributed by atoms with van der Waals surface area (Å²) in [7, 11) is -3.45. The highest BCUT2D eigenvalue weighted by atomic mass is 35.5. The average molecular weight is 555 g/mol. The Kier molecular flexibility index (Phi) is 9.52. The molecule has 10 heteroatoms. The van der Waals surface area contributed by atoms with Gasteiger partial charge in [-0.15, -0.1) is 0 Å². The summed E-state index contributed by atoms with van der Waals surface area (Å²) >= 11 is 12.3. The van der Waals surface area contributed by atoms with Gasteiger partial charge in [-0.3, -0.25) is 9.69 Å². The van der Waals surface area contributed by atoms with Gasteiger partial charge < -0.3 is 10.1 Å². The molecule has 2 aliphatic heterocycles. The molecule has 2 fully saturated rings. The fourth-order valence-electron chi connectivity index (χ4n) is 4.69. The van der Waals surface area contributed by atoms with Crippen LogP contribution in [0.25, 0.3) is 0 Å². The smallest absolute Gasteiger partial charge is 0.243 e. The third-order valence-corrected chi connectivity index (χ3v) is 9.31. The van der Waals surface area contributed by atoms with Gasteiger partial charge in [-0.1, -0.05) is 35.7 Å². The minimum Gasteiger partial charge on any atom is -0.492 e. The number of hydrogen-bond acceptors (Lipinski definition) is 5. The van der Waals surface area contributed by atoms with E-state index in [4.69, 9.17) is 27.9 Å². The summed E-state index contributed by atoms with van der Waals surface area (Å²) in [4.78, 5) is 15.2. The molecular weight excluding hydrogens is 521 g/mol. The zero-order chi connectivity index (χ0) is 25.5. The molecule has 0 aromatic heterocycles. The number of rotatable bonds is 9. The predicted molar refractivity (Wildman–Crippen MR) is 142 cm³/mol. The number of sulfonamides is 1. The monoisotopic (exact) mass is 553 g/mol. The van der Waals surface area contributed by atoms with Crippen LogP contribution in [0, 0.1) is 5.92 Å². The molecule has 196 valence electrons. The summed E-state index contributed by atoms with van der Waals surface area (Å²) in [6.07, 6.45) is 4.48. The molecular formula is C26H33Cl2N3O4S. The van der Waals surface area contributed by atoms with Crippen molar-refractivity contribution in [2.45, 2.75) is 43.5 Å². The Hall–Kier alpha value is -1.84. The second kappa shape index (κ2) is 12.6. The average Bonchev–Trinajstić information content (AvgIpc) is 2.89. The summed E-state index contributed by atoms with van der Waals surface area (Å²) < 4.78 is 32.8. The molecule has 2 aromatic carbocycles. The Bertz CT molecular complexity index is 1130.